The number of benzene rings is 2. The van der Waals surface area contributed by atoms with Crippen LogP contribution in [-0.2, 0) is 11.3 Å². The summed E-state index contributed by atoms with van der Waals surface area (Å²) in [6.45, 7) is 1.13. The van der Waals surface area contributed by atoms with Crippen LogP contribution in [0.4, 0.5) is 20.6 Å². The molecule has 7 heteroatoms. The number of nitrogens with one attached hydrogen (secondary N) is 1. The highest BCUT2D eigenvalue weighted by molar-refractivity contribution is 6.01. The molecular weight excluding hydrogens is 359 g/mol. The molecule has 2 aromatic rings. The molecular formula is C21H23FN4O2. The standard InChI is InChI=1S/C21H23FN4O2/c1-25-20(27)12-26(21(25)28)11-14-4-6-16(17(22)8-14)15-5-7-19(18(23)9-15)24-10-13-2-3-13/h4-9,13,24H,2-3,10-12,23H2,1H3. The minimum absolute atomic E-state index is 0.0184. The summed E-state index contributed by atoms with van der Waals surface area (Å²) >= 11 is 0. The van der Waals surface area contributed by atoms with Crippen LogP contribution in [0.25, 0.3) is 11.1 Å². The molecule has 1 saturated carbocycles. The molecule has 3 N–H and O–H groups in total. The fourth-order valence-corrected chi connectivity index (χ4v) is 3.36. The smallest absolute Gasteiger partial charge is 0.327 e. The Hall–Kier alpha value is -3.09. The van der Waals surface area contributed by atoms with Crippen molar-refractivity contribution in [2.24, 2.45) is 5.92 Å². The van der Waals surface area contributed by atoms with Crippen LogP contribution in [0, 0.1) is 11.7 Å². The number of carbonyl (C=O) groups excluding carboxylic acids is 2. The predicted octanol–water partition coefficient (Wildman–Crippen LogP) is 3.29. The molecule has 1 aliphatic heterocycles. The average Bonchev–Trinajstić information content (AvgIpc) is 3.46. The number of amides is 3. The number of nitrogens with two attached hydrogens (primary N) is 1. The zero-order valence-electron chi connectivity index (χ0n) is 15.7. The van der Waals surface area contributed by atoms with Gasteiger partial charge in [-0.15, -0.1) is 0 Å². The Balaban J connectivity index is 1.49. The summed E-state index contributed by atoms with van der Waals surface area (Å²) in [7, 11) is 1.45. The molecule has 2 fully saturated rings. The quantitative estimate of drug-likeness (QED) is 0.594. The lowest BCUT2D eigenvalue weighted by Crippen LogP contribution is -2.29. The van der Waals surface area contributed by atoms with Crippen LogP contribution in [0.3, 0.4) is 0 Å². The molecule has 28 heavy (non-hydrogen) atoms. The van der Waals surface area contributed by atoms with Crippen LogP contribution in [0.1, 0.15) is 18.4 Å². The van der Waals surface area contributed by atoms with Gasteiger partial charge in [0.1, 0.15) is 12.4 Å². The number of hydrogen-bond acceptors (Lipinski definition) is 4. The number of anilines is 2. The molecule has 1 aliphatic carbocycles. The molecule has 3 amide bonds. The second kappa shape index (κ2) is 7.14. The first-order valence-electron chi connectivity index (χ1n) is 9.40. The molecule has 0 aromatic heterocycles. The topological polar surface area (TPSA) is 78.7 Å². The normalized spacial score (nSPS) is 16.8. The van der Waals surface area contributed by atoms with Crippen LogP contribution in [0.2, 0.25) is 0 Å². The molecule has 2 aromatic carbocycles. The average molecular weight is 382 g/mol. The first-order chi connectivity index (χ1) is 13.4. The minimum Gasteiger partial charge on any atom is -0.397 e. The Morgan fingerprint density at radius 1 is 1.18 bits per heavy atom. The van der Waals surface area contributed by atoms with Gasteiger partial charge in [-0.2, -0.15) is 0 Å². The molecule has 4 rings (SSSR count). The van der Waals surface area contributed by atoms with Gasteiger partial charge < -0.3 is 16.0 Å². The Kier molecular flexibility index (Phi) is 4.66. The van der Waals surface area contributed by atoms with E-state index in [0.29, 0.717) is 22.4 Å². The van der Waals surface area contributed by atoms with Crippen molar-refractivity contribution in [3.05, 3.63) is 47.8 Å². The molecule has 0 bridgehead atoms. The predicted molar refractivity (Wildman–Crippen MR) is 106 cm³/mol. The molecule has 0 unspecified atom stereocenters. The summed E-state index contributed by atoms with van der Waals surface area (Å²) in [6.07, 6.45) is 2.52. The maximum absolute atomic E-state index is 14.7. The van der Waals surface area contributed by atoms with Crippen LogP contribution in [0.5, 0.6) is 0 Å². The Labute approximate surface area is 163 Å². The van der Waals surface area contributed by atoms with Crippen molar-refractivity contribution in [3.8, 4) is 11.1 Å². The molecule has 0 spiro atoms. The van der Waals surface area contributed by atoms with Gasteiger partial charge in [0, 0.05) is 25.7 Å². The zero-order chi connectivity index (χ0) is 19.8. The zero-order valence-corrected chi connectivity index (χ0v) is 15.7. The van der Waals surface area contributed by atoms with Crippen LogP contribution in [-0.4, -0.2) is 41.9 Å². The van der Waals surface area contributed by atoms with Gasteiger partial charge >= 0.3 is 6.03 Å². The minimum atomic E-state index is -0.387. The number of halogens is 1. The summed E-state index contributed by atoms with van der Waals surface area (Å²) < 4.78 is 14.7. The SMILES string of the molecule is CN1C(=O)CN(Cc2ccc(-c3ccc(NCC4CC4)c(N)c3)c(F)c2)C1=O. The number of nitrogens with zero attached hydrogens (tertiary/aromatic N) is 2. The van der Waals surface area contributed by atoms with Gasteiger partial charge in [0.15, 0.2) is 0 Å². The van der Waals surface area contributed by atoms with Crippen LogP contribution < -0.4 is 11.1 Å². The molecule has 1 heterocycles. The van der Waals surface area contributed by atoms with Crippen molar-refractivity contribution in [1.29, 1.82) is 0 Å². The maximum atomic E-state index is 14.7. The second-order valence-corrected chi connectivity index (χ2v) is 7.53. The third kappa shape index (κ3) is 3.65. The van der Waals surface area contributed by atoms with E-state index in [1.165, 1.54) is 30.9 Å². The van der Waals surface area contributed by atoms with Gasteiger partial charge in [-0.05, 0) is 48.1 Å². The second-order valence-electron chi connectivity index (χ2n) is 7.53. The van der Waals surface area contributed by atoms with Crippen molar-refractivity contribution in [3.63, 3.8) is 0 Å². The summed E-state index contributed by atoms with van der Waals surface area (Å²) in [5.74, 6) is 0.0940. The largest absolute Gasteiger partial charge is 0.397 e. The van der Waals surface area contributed by atoms with Gasteiger partial charge in [-0.3, -0.25) is 9.69 Å². The first kappa shape index (κ1) is 18.3. The van der Waals surface area contributed by atoms with E-state index >= 15 is 0 Å². The number of hydrogen-bond donors (Lipinski definition) is 2. The van der Waals surface area contributed by atoms with E-state index in [4.69, 9.17) is 5.73 Å². The van der Waals surface area contributed by atoms with E-state index in [9.17, 15) is 14.0 Å². The van der Waals surface area contributed by atoms with E-state index in [1.807, 2.05) is 12.1 Å². The fourth-order valence-electron chi connectivity index (χ4n) is 3.36. The molecule has 1 saturated heterocycles. The summed E-state index contributed by atoms with van der Waals surface area (Å²) in [5, 5.41) is 3.34. The Bertz CT molecular complexity index is 942. The van der Waals surface area contributed by atoms with Crippen LogP contribution >= 0.6 is 0 Å². The lowest BCUT2D eigenvalue weighted by molar-refractivity contribution is -0.124. The highest BCUT2D eigenvalue weighted by Crippen LogP contribution is 2.32. The fraction of sp³-hybridized carbons (Fsp3) is 0.333. The van der Waals surface area contributed by atoms with E-state index in [0.717, 1.165) is 23.0 Å². The molecule has 2 aliphatic rings. The van der Waals surface area contributed by atoms with Gasteiger partial charge in [-0.25, -0.2) is 9.18 Å². The van der Waals surface area contributed by atoms with Gasteiger partial charge in [0.05, 0.1) is 11.4 Å². The number of urea groups is 1. The van der Waals surface area contributed by atoms with Crippen molar-refractivity contribution in [2.75, 3.05) is 31.2 Å². The van der Waals surface area contributed by atoms with Gasteiger partial charge in [0.2, 0.25) is 5.91 Å². The maximum Gasteiger partial charge on any atom is 0.327 e. The lowest BCUT2D eigenvalue weighted by Gasteiger charge is -2.16. The third-order valence-electron chi connectivity index (χ3n) is 5.31. The van der Waals surface area contributed by atoms with E-state index in [-0.39, 0.29) is 30.8 Å². The molecule has 146 valence electrons. The van der Waals surface area contributed by atoms with Crippen molar-refractivity contribution in [1.82, 2.24) is 9.80 Å². The van der Waals surface area contributed by atoms with Gasteiger partial charge in [-0.1, -0.05) is 18.2 Å². The molecule has 0 atom stereocenters. The van der Waals surface area contributed by atoms with E-state index < -0.39 is 0 Å². The number of likely N-dealkylation sites (N-methyl/N-ethyl adjacent to an activating group) is 1. The van der Waals surface area contributed by atoms with E-state index in [1.54, 1.807) is 18.2 Å². The highest BCUT2D eigenvalue weighted by atomic mass is 19.1. The molecule has 6 nitrogen and oxygen atoms in total. The van der Waals surface area contributed by atoms with Crippen molar-refractivity contribution < 1.29 is 14.0 Å². The monoisotopic (exact) mass is 382 g/mol. The third-order valence-corrected chi connectivity index (χ3v) is 5.31. The molecule has 0 radical (unpaired) electrons. The van der Waals surface area contributed by atoms with Crippen molar-refractivity contribution >= 4 is 23.3 Å². The van der Waals surface area contributed by atoms with Crippen LogP contribution in [0.15, 0.2) is 36.4 Å². The van der Waals surface area contributed by atoms with Crippen molar-refractivity contribution in [2.45, 2.75) is 19.4 Å². The number of imide groups is 1. The summed E-state index contributed by atoms with van der Waals surface area (Å²) in [5.41, 5.74) is 9.37. The number of nitrogen functional groups attached to an aromatic ring is 1. The summed E-state index contributed by atoms with van der Waals surface area (Å²) in [6, 6.07) is 9.99. The Morgan fingerprint density at radius 2 is 1.96 bits per heavy atom. The highest BCUT2D eigenvalue weighted by Gasteiger charge is 2.32. The summed E-state index contributed by atoms with van der Waals surface area (Å²) in [4.78, 5) is 26.1. The number of carbonyl (C=O) groups is 2. The van der Waals surface area contributed by atoms with E-state index in [2.05, 4.69) is 5.32 Å². The lowest BCUT2D eigenvalue weighted by atomic mass is 10.0. The van der Waals surface area contributed by atoms with Gasteiger partial charge in [0.25, 0.3) is 0 Å². The number of rotatable bonds is 6. The Morgan fingerprint density at radius 3 is 2.57 bits per heavy atom. The first-order valence-corrected chi connectivity index (χ1v) is 9.40.